The number of aliphatic imine (C=N–C) groups is 1. The Labute approximate surface area is 187 Å². The molecule has 28 heavy (non-hydrogen) atoms. The van der Waals surface area contributed by atoms with Gasteiger partial charge in [0, 0.05) is 36.7 Å². The van der Waals surface area contributed by atoms with Gasteiger partial charge in [-0.2, -0.15) is 0 Å². The lowest BCUT2D eigenvalue weighted by Crippen LogP contribution is -2.37. The highest BCUT2D eigenvalue weighted by Crippen LogP contribution is 2.27. The van der Waals surface area contributed by atoms with Crippen LogP contribution in [0.4, 0.5) is 0 Å². The highest BCUT2D eigenvalue weighted by Gasteiger charge is 2.05. The molecule has 0 atom stereocenters. The molecular formula is C19H29IN4O3S. The topological polar surface area (TPSA) is 77.0 Å². The Morgan fingerprint density at radius 3 is 2.25 bits per heavy atom. The number of nitrogens with one attached hydrogen (secondary N) is 2. The average Bonchev–Trinajstić information content (AvgIpc) is 3.01. The number of hydrogen-bond acceptors (Lipinski definition) is 6. The van der Waals surface area contributed by atoms with Crippen molar-refractivity contribution >= 4 is 41.3 Å². The van der Waals surface area contributed by atoms with Gasteiger partial charge in [0.1, 0.15) is 22.3 Å². The van der Waals surface area contributed by atoms with Crippen LogP contribution in [0.5, 0.6) is 17.2 Å². The molecule has 2 rings (SSSR count). The second kappa shape index (κ2) is 12.7. The molecule has 0 aliphatic rings. The Morgan fingerprint density at radius 1 is 1.07 bits per heavy atom. The normalized spacial score (nSPS) is 10.8. The van der Waals surface area contributed by atoms with Crippen LogP contribution in [0.15, 0.2) is 23.2 Å². The molecule has 0 radical (unpaired) electrons. The molecule has 0 aliphatic carbocycles. The van der Waals surface area contributed by atoms with Gasteiger partial charge >= 0.3 is 0 Å². The van der Waals surface area contributed by atoms with Gasteiger partial charge in [-0.05, 0) is 20.3 Å². The number of hydrogen-bond donors (Lipinski definition) is 2. The number of aromatic nitrogens is 1. The number of aryl methyl sites for hydroxylation is 2. The van der Waals surface area contributed by atoms with Crippen molar-refractivity contribution in [3.8, 4) is 17.2 Å². The first-order valence-electron chi connectivity index (χ1n) is 8.79. The van der Waals surface area contributed by atoms with Crippen molar-refractivity contribution in [2.24, 2.45) is 4.99 Å². The molecule has 7 nitrogen and oxygen atoms in total. The minimum atomic E-state index is 0. The first kappa shape index (κ1) is 24.3. The minimum absolute atomic E-state index is 0. The largest absolute Gasteiger partial charge is 0.496 e. The smallest absolute Gasteiger partial charge is 0.191 e. The second-order valence-corrected chi connectivity index (χ2v) is 7.14. The highest BCUT2D eigenvalue weighted by atomic mass is 127. The summed E-state index contributed by atoms with van der Waals surface area (Å²) in [4.78, 5) is 10.0. The van der Waals surface area contributed by atoms with E-state index in [0.29, 0.717) is 24.7 Å². The molecule has 2 aromatic rings. The van der Waals surface area contributed by atoms with E-state index in [1.807, 2.05) is 25.1 Å². The zero-order valence-electron chi connectivity index (χ0n) is 17.0. The van der Waals surface area contributed by atoms with Gasteiger partial charge in [0.15, 0.2) is 5.96 Å². The van der Waals surface area contributed by atoms with Crippen LogP contribution >= 0.6 is 35.3 Å². The molecule has 0 saturated heterocycles. The van der Waals surface area contributed by atoms with E-state index in [-0.39, 0.29) is 24.0 Å². The Balaban J connectivity index is 0.00000392. The van der Waals surface area contributed by atoms with Crippen molar-refractivity contribution in [2.45, 2.75) is 26.8 Å². The van der Waals surface area contributed by atoms with E-state index in [2.05, 4.69) is 27.5 Å². The van der Waals surface area contributed by atoms with Gasteiger partial charge in [-0.25, -0.2) is 4.98 Å². The summed E-state index contributed by atoms with van der Waals surface area (Å²) in [6.07, 6.45) is 0.829. The van der Waals surface area contributed by atoms with Crippen molar-refractivity contribution < 1.29 is 14.2 Å². The van der Waals surface area contributed by atoms with E-state index in [0.717, 1.165) is 35.4 Å². The maximum atomic E-state index is 5.78. The molecule has 9 heteroatoms. The molecule has 0 bridgehead atoms. The molecule has 0 saturated carbocycles. The third-order valence-corrected chi connectivity index (χ3v) is 4.98. The third-order valence-electron chi connectivity index (χ3n) is 3.91. The first-order valence-corrected chi connectivity index (χ1v) is 9.60. The standard InChI is InChI=1S/C19H28N4O3S.HI/c1-13-14(2)27-18(23-13)12-22-19(20-3)21-7-6-8-26-17-10-15(24-4)9-16(11-17)25-5;/h9-11H,6-8,12H2,1-5H3,(H2,20,21,22);1H. The van der Waals surface area contributed by atoms with Crippen molar-refractivity contribution in [1.29, 1.82) is 0 Å². The van der Waals surface area contributed by atoms with E-state index in [9.17, 15) is 0 Å². The van der Waals surface area contributed by atoms with Crippen LogP contribution in [0.3, 0.4) is 0 Å². The summed E-state index contributed by atoms with van der Waals surface area (Å²) in [5, 5.41) is 7.62. The van der Waals surface area contributed by atoms with Crippen LogP contribution in [0.25, 0.3) is 0 Å². The predicted molar refractivity (Wildman–Crippen MR) is 125 cm³/mol. The summed E-state index contributed by atoms with van der Waals surface area (Å²) in [5.74, 6) is 2.89. The molecule has 0 spiro atoms. The van der Waals surface area contributed by atoms with Gasteiger partial charge in [0.05, 0.1) is 33.1 Å². The van der Waals surface area contributed by atoms with E-state index in [1.165, 1.54) is 4.88 Å². The summed E-state index contributed by atoms with van der Waals surface area (Å²) in [7, 11) is 5.00. The molecular weight excluding hydrogens is 491 g/mol. The molecule has 0 fully saturated rings. The van der Waals surface area contributed by atoms with Crippen LogP contribution in [0.1, 0.15) is 22.0 Å². The van der Waals surface area contributed by atoms with E-state index < -0.39 is 0 Å². The third kappa shape index (κ3) is 7.70. The lowest BCUT2D eigenvalue weighted by Gasteiger charge is -2.12. The fourth-order valence-corrected chi connectivity index (χ4v) is 3.20. The molecule has 156 valence electrons. The molecule has 0 unspecified atom stereocenters. The molecule has 0 amide bonds. The zero-order chi connectivity index (χ0) is 19.6. The molecule has 2 N–H and O–H groups in total. The number of thiazole rings is 1. The van der Waals surface area contributed by atoms with Crippen molar-refractivity contribution in [1.82, 2.24) is 15.6 Å². The number of ether oxygens (including phenoxy) is 3. The number of rotatable bonds is 9. The predicted octanol–water partition coefficient (Wildman–Crippen LogP) is 3.53. The summed E-state index contributed by atoms with van der Waals surface area (Å²) in [5.41, 5.74) is 1.09. The Kier molecular flexibility index (Phi) is 11.0. The maximum Gasteiger partial charge on any atom is 0.191 e. The molecule has 1 heterocycles. The van der Waals surface area contributed by atoms with Crippen LogP contribution in [-0.2, 0) is 6.54 Å². The molecule has 0 aliphatic heterocycles. The lowest BCUT2D eigenvalue weighted by molar-refractivity contribution is 0.305. The highest BCUT2D eigenvalue weighted by molar-refractivity contribution is 14.0. The monoisotopic (exact) mass is 520 g/mol. The SMILES string of the molecule is CN=C(NCCCOc1cc(OC)cc(OC)c1)NCc1nc(C)c(C)s1.I. The number of halogens is 1. The fraction of sp³-hybridized carbons (Fsp3) is 0.474. The van der Waals surface area contributed by atoms with Crippen molar-refractivity contribution in [2.75, 3.05) is 34.4 Å². The summed E-state index contributed by atoms with van der Waals surface area (Å²) in [6.45, 7) is 6.10. The Morgan fingerprint density at radius 2 is 1.71 bits per heavy atom. The summed E-state index contributed by atoms with van der Waals surface area (Å²) in [6, 6.07) is 5.50. The number of nitrogens with zero attached hydrogens (tertiary/aromatic N) is 2. The minimum Gasteiger partial charge on any atom is -0.496 e. The van der Waals surface area contributed by atoms with Gasteiger partial charge < -0.3 is 24.8 Å². The van der Waals surface area contributed by atoms with Crippen LogP contribution in [-0.4, -0.2) is 45.4 Å². The zero-order valence-corrected chi connectivity index (χ0v) is 20.1. The molecule has 1 aromatic carbocycles. The van der Waals surface area contributed by atoms with E-state index in [1.54, 1.807) is 32.6 Å². The molecule has 1 aromatic heterocycles. The summed E-state index contributed by atoms with van der Waals surface area (Å²) < 4.78 is 16.3. The van der Waals surface area contributed by atoms with Crippen molar-refractivity contribution in [3.63, 3.8) is 0 Å². The van der Waals surface area contributed by atoms with E-state index >= 15 is 0 Å². The quantitative estimate of drug-likeness (QED) is 0.228. The summed E-state index contributed by atoms with van der Waals surface area (Å²) >= 11 is 1.71. The van der Waals surface area contributed by atoms with Gasteiger partial charge in [-0.1, -0.05) is 0 Å². The fourth-order valence-electron chi connectivity index (χ4n) is 2.33. The number of guanidine groups is 1. The van der Waals surface area contributed by atoms with Crippen LogP contribution < -0.4 is 24.8 Å². The average molecular weight is 520 g/mol. The number of methoxy groups -OCH3 is 2. The van der Waals surface area contributed by atoms with E-state index in [4.69, 9.17) is 14.2 Å². The van der Waals surface area contributed by atoms with Gasteiger partial charge in [-0.3, -0.25) is 4.99 Å². The Bertz CT molecular complexity index is 726. The van der Waals surface area contributed by atoms with Gasteiger partial charge in [0.2, 0.25) is 0 Å². The van der Waals surface area contributed by atoms with Crippen molar-refractivity contribution in [3.05, 3.63) is 33.8 Å². The van der Waals surface area contributed by atoms with Crippen LogP contribution in [0, 0.1) is 13.8 Å². The number of benzene rings is 1. The van der Waals surface area contributed by atoms with Crippen LogP contribution in [0.2, 0.25) is 0 Å². The van der Waals surface area contributed by atoms with Gasteiger partial charge in [0.25, 0.3) is 0 Å². The van der Waals surface area contributed by atoms with Gasteiger partial charge in [-0.15, -0.1) is 35.3 Å². The second-order valence-electron chi connectivity index (χ2n) is 5.85. The maximum absolute atomic E-state index is 5.78. The Hall–Kier alpha value is -1.75. The first-order chi connectivity index (χ1) is 13.0. The lowest BCUT2D eigenvalue weighted by atomic mass is 10.3.